The largest absolute Gasteiger partial charge is 0.313 e. The van der Waals surface area contributed by atoms with Crippen molar-refractivity contribution >= 4 is 24.2 Å². The van der Waals surface area contributed by atoms with E-state index in [1.807, 2.05) is 13.1 Å². The highest BCUT2D eigenvalue weighted by molar-refractivity contribution is 7.99. The minimum Gasteiger partial charge on any atom is -0.313 e. The molecule has 0 heterocycles. The SMILES string of the molecule is CN[C@@H]1CCCc2cc(Sc3cccc(F)c3)ccc21.Cl. The lowest BCUT2D eigenvalue weighted by atomic mass is 9.88. The number of aryl methyl sites for hydroxylation is 1. The summed E-state index contributed by atoms with van der Waals surface area (Å²) in [6.45, 7) is 0. The van der Waals surface area contributed by atoms with Gasteiger partial charge in [0.05, 0.1) is 0 Å². The molecule has 0 spiro atoms. The van der Waals surface area contributed by atoms with Crippen LogP contribution in [0.5, 0.6) is 0 Å². The molecule has 2 aromatic carbocycles. The third kappa shape index (κ3) is 3.79. The predicted molar refractivity (Wildman–Crippen MR) is 89.0 cm³/mol. The Labute approximate surface area is 135 Å². The molecular weight excluding hydrogens is 305 g/mol. The third-order valence-corrected chi connectivity index (χ3v) is 4.79. The molecule has 0 saturated carbocycles. The highest BCUT2D eigenvalue weighted by atomic mass is 35.5. The van der Waals surface area contributed by atoms with E-state index in [0.717, 1.165) is 11.3 Å². The van der Waals surface area contributed by atoms with Gasteiger partial charge in [-0.25, -0.2) is 4.39 Å². The van der Waals surface area contributed by atoms with E-state index < -0.39 is 0 Å². The molecule has 0 unspecified atom stereocenters. The summed E-state index contributed by atoms with van der Waals surface area (Å²) >= 11 is 1.62. The quantitative estimate of drug-likeness (QED) is 0.853. The molecule has 2 aromatic rings. The lowest BCUT2D eigenvalue weighted by Crippen LogP contribution is -2.21. The summed E-state index contributed by atoms with van der Waals surface area (Å²) in [5, 5.41) is 3.38. The minimum atomic E-state index is -0.178. The molecule has 1 atom stereocenters. The van der Waals surface area contributed by atoms with Gasteiger partial charge in [-0.3, -0.25) is 0 Å². The highest BCUT2D eigenvalue weighted by Crippen LogP contribution is 2.34. The van der Waals surface area contributed by atoms with E-state index in [2.05, 4.69) is 23.5 Å². The molecule has 0 aromatic heterocycles. The number of fused-ring (bicyclic) bond motifs is 1. The van der Waals surface area contributed by atoms with Gasteiger partial charge in [0.25, 0.3) is 0 Å². The van der Waals surface area contributed by atoms with Gasteiger partial charge >= 0.3 is 0 Å². The van der Waals surface area contributed by atoms with Crippen LogP contribution in [0, 0.1) is 5.82 Å². The zero-order valence-electron chi connectivity index (χ0n) is 11.9. The average molecular weight is 324 g/mol. The number of hydrogen-bond acceptors (Lipinski definition) is 2. The van der Waals surface area contributed by atoms with Gasteiger partial charge in [0, 0.05) is 15.8 Å². The van der Waals surface area contributed by atoms with Crippen molar-refractivity contribution in [3.8, 4) is 0 Å². The minimum absolute atomic E-state index is 0. The molecular formula is C17H19ClFNS. The second kappa shape index (κ2) is 7.30. The Morgan fingerprint density at radius 2 is 1.95 bits per heavy atom. The first kappa shape index (κ1) is 16.3. The van der Waals surface area contributed by atoms with Crippen molar-refractivity contribution in [1.29, 1.82) is 0 Å². The molecule has 3 rings (SSSR count). The molecule has 4 heteroatoms. The van der Waals surface area contributed by atoms with Crippen molar-refractivity contribution in [3.63, 3.8) is 0 Å². The Bertz CT molecular complexity index is 617. The van der Waals surface area contributed by atoms with Crippen LogP contribution in [0.3, 0.4) is 0 Å². The molecule has 0 amide bonds. The fourth-order valence-electron chi connectivity index (χ4n) is 2.82. The van der Waals surface area contributed by atoms with E-state index >= 15 is 0 Å². The van der Waals surface area contributed by atoms with Crippen molar-refractivity contribution in [2.75, 3.05) is 7.05 Å². The van der Waals surface area contributed by atoms with Gasteiger partial charge in [-0.2, -0.15) is 0 Å². The molecule has 21 heavy (non-hydrogen) atoms. The first-order valence-electron chi connectivity index (χ1n) is 7.00. The summed E-state index contributed by atoms with van der Waals surface area (Å²) in [7, 11) is 2.02. The molecule has 0 fully saturated rings. The van der Waals surface area contributed by atoms with Gasteiger partial charge < -0.3 is 5.32 Å². The molecule has 0 bridgehead atoms. The van der Waals surface area contributed by atoms with Crippen molar-refractivity contribution in [1.82, 2.24) is 5.32 Å². The second-order valence-electron chi connectivity index (χ2n) is 5.15. The summed E-state index contributed by atoms with van der Waals surface area (Å²) < 4.78 is 13.2. The standard InChI is InChI=1S/C17H18FNS.ClH/c1-19-17-7-2-4-12-10-15(8-9-16(12)17)20-14-6-3-5-13(18)11-14;/h3,5-6,8-11,17,19H,2,4,7H2,1H3;1H/t17-;/m1./s1. The maximum absolute atomic E-state index is 13.2. The van der Waals surface area contributed by atoms with Crippen molar-refractivity contribution in [2.24, 2.45) is 0 Å². The van der Waals surface area contributed by atoms with Crippen LogP contribution >= 0.6 is 24.2 Å². The van der Waals surface area contributed by atoms with Gasteiger partial charge in [-0.1, -0.05) is 23.9 Å². The van der Waals surface area contributed by atoms with E-state index in [1.165, 1.54) is 34.9 Å². The van der Waals surface area contributed by atoms with Crippen LogP contribution in [0.2, 0.25) is 0 Å². The number of hydrogen-bond donors (Lipinski definition) is 1. The van der Waals surface area contributed by atoms with Crippen LogP contribution in [-0.2, 0) is 6.42 Å². The molecule has 1 N–H and O–H groups in total. The van der Waals surface area contributed by atoms with Gasteiger partial charge in [-0.05, 0) is 67.8 Å². The summed E-state index contributed by atoms with van der Waals surface area (Å²) in [6.07, 6.45) is 3.58. The zero-order chi connectivity index (χ0) is 13.9. The van der Waals surface area contributed by atoms with E-state index in [1.54, 1.807) is 23.9 Å². The highest BCUT2D eigenvalue weighted by Gasteiger charge is 2.18. The molecule has 1 aliphatic carbocycles. The average Bonchev–Trinajstić information content (AvgIpc) is 2.46. The number of halogens is 2. The topological polar surface area (TPSA) is 12.0 Å². The molecule has 112 valence electrons. The van der Waals surface area contributed by atoms with Gasteiger partial charge in [0.1, 0.15) is 5.82 Å². The summed E-state index contributed by atoms with van der Waals surface area (Å²) in [6, 6.07) is 13.9. The summed E-state index contributed by atoms with van der Waals surface area (Å²) in [4.78, 5) is 2.14. The normalized spacial score (nSPS) is 17.0. The predicted octanol–water partition coefficient (Wildman–Crippen LogP) is 5.00. The van der Waals surface area contributed by atoms with E-state index in [4.69, 9.17) is 0 Å². The Morgan fingerprint density at radius 1 is 1.14 bits per heavy atom. The Kier molecular flexibility index (Phi) is 5.68. The number of rotatable bonds is 3. The van der Waals surface area contributed by atoms with Crippen molar-refractivity contribution in [3.05, 3.63) is 59.4 Å². The van der Waals surface area contributed by atoms with Crippen LogP contribution in [0.4, 0.5) is 4.39 Å². The zero-order valence-corrected chi connectivity index (χ0v) is 13.6. The van der Waals surface area contributed by atoms with E-state index in [9.17, 15) is 4.39 Å². The molecule has 1 nitrogen and oxygen atoms in total. The van der Waals surface area contributed by atoms with Crippen molar-refractivity contribution in [2.45, 2.75) is 35.1 Å². The van der Waals surface area contributed by atoms with E-state index in [0.29, 0.717) is 6.04 Å². The lowest BCUT2D eigenvalue weighted by Gasteiger charge is -2.25. The van der Waals surface area contributed by atoms with Crippen molar-refractivity contribution < 1.29 is 4.39 Å². The molecule has 0 aliphatic heterocycles. The second-order valence-corrected chi connectivity index (χ2v) is 6.30. The van der Waals surface area contributed by atoms with Crippen LogP contribution in [-0.4, -0.2) is 7.05 Å². The summed E-state index contributed by atoms with van der Waals surface area (Å²) in [5.74, 6) is -0.178. The van der Waals surface area contributed by atoms with Gasteiger partial charge in [0.2, 0.25) is 0 Å². The summed E-state index contributed by atoms with van der Waals surface area (Å²) in [5.41, 5.74) is 2.85. The Morgan fingerprint density at radius 3 is 2.71 bits per heavy atom. The molecule has 0 radical (unpaired) electrons. The first-order valence-corrected chi connectivity index (χ1v) is 7.81. The maximum atomic E-state index is 13.2. The Balaban J connectivity index is 0.00000161. The van der Waals surface area contributed by atoms with Gasteiger partial charge in [-0.15, -0.1) is 12.4 Å². The smallest absolute Gasteiger partial charge is 0.124 e. The molecule has 1 aliphatic rings. The first-order chi connectivity index (χ1) is 9.76. The molecule has 0 saturated heterocycles. The maximum Gasteiger partial charge on any atom is 0.124 e. The lowest BCUT2D eigenvalue weighted by molar-refractivity contribution is 0.496. The number of benzene rings is 2. The van der Waals surface area contributed by atoms with Crippen LogP contribution < -0.4 is 5.32 Å². The monoisotopic (exact) mass is 323 g/mol. The van der Waals surface area contributed by atoms with Gasteiger partial charge in [0.15, 0.2) is 0 Å². The third-order valence-electron chi connectivity index (χ3n) is 3.81. The number of nitrogens with one attached hydrogen (secondary N) is 1. The Hall–Kier alpha value is -1.03. The van der Waals surface area contributed by atoms with E-state index in [-0.39, 0.29) is 18.2 Å². The fraction of sp³-hybridized carbons (Fsp3) is 0.294. The fourth-order valence-corrected chi connectivity index (χ4v) is 3.75. The van der Waals surface area contributed by atoms with Crippen LogP contribution in [0.1, 0.15) is 30.0 Å². The van der Waals surface area contributed by atoms with Crippen LogP contribution in [0.15, 0.2) is 52.3 Å². The van der Waals surface area contributed by atoms with Crippen LogP contribution in [0.25, 0.3) is 0 Å².